The minimum Gasteiger partial charge on any atom is -0.368 e. The summed E-state index contributed by atoms with van der Waals surface area (Å²) in [6.45, 7) is 2.90. The van der Waals surface area contributed by atoms with Crippen molar-refractivity contribution < 1.29 is 14.1 Å². The number of anilines is 1. The van der Waals surface area contributed by atoms with Gasteiger partial charge in [-0.15, -0.1) is 0 Å². The lowest BCUT2D eigenvalue weighted by Crippen LogP contribution is -2.45. The SMILES string of the molecule is CC(C)(Nc1cccc(F)c1[N+](=O)[O-])C(N)=O. The Hall–Kier alpha value is -2.18. The van der Waals surface area contributed by atoms with Crippen molar-refractivity contribution in [1.29, 1.82) is 0 Å². The number of nitrogens with one attached hydrogen (secondary N) is 1. The Morgan fingerprint density at radius 1 is 1.53 bits per heavy atom. The molecule has 0 aliphatic heterocycles. The third kappa shape index (κ3) is 2.68. The topological polar surface area (TPSA) is 98.3 Å². The molecule has 0 bridgehead atoms. The quantitative estimate of drug-likeness (QED) is 0.615. The van der Waals surface area contributed by atoms with Crippen LogP contribution in [0.2, 0.25) is 0 Å². The van der Waals surface area contributed by atoms with Crippen molar-refractivity contribution in [2.24, 2.45) is 5.73 Å². The van der Waals surface area contributed by atoms with Crippen LogP contribution in [-0.2, 0) is 4.79 Å². The standard InChI is InChI=1S/C10H12FN3O3/c1-10(2,9(12)15)13-7-5-3-4-6(11)8(7)14(16)17/h3-5,13H,1-2H3,(H2,12,15). The average molecular weight is 241 g/mol. The van der Waals surface area contributed by atoms with E-state index >= 15 is 0 Å². The second kappa shape index (κ2) is 4.36. The first kappa shape index (κ1) is 12.9. The zero-order chi connectivity index (χ0) is 13.2. The highest BCUT2D eigenvalue weighted by atomic mass is 19.1. The van der Waals surface area contributed by atoms with Crippen LogP contribution in [0.4, 0.5) is 15.8 Å². The Labute approximate surface area is 96.8 Å². The number of para-hydroxylation sites is 1. The maximum atomic E-state index is 13.3. The largest absolute Gasteiger partial charge is 0.368 e. The van der Waals surface area contributed by atoms with Gasteiger partial charge in [0.25, 0.3) is 0 Å². The fraction of sp³-hybridized carbons (Fsp3) is 0.300. The van der Waals surface area contributed by atoms with E-state index in [-0.39, 0.29) is 5.69 Å². The van der Waals surface area contributed by atoms with Crippen LogP contribution in [0.25, 0.3) is 0 Å². The average Bonchev–Trinajstić information content (AvgIpc) is 2.15. The lowest BCUT2D eigenvalue weighted by molar-refractivity contribution is -0.386. The maximum absolute atomic E-state index is 13.3. The van der Waals surface area contributed by atoms with Gasteiger partial charge in [-0.2, -0.15) is 4.39 Å². The van der Waals surface area contributed by atoms with E-state index in [2.05, 4.69) is 5.32 Å². The highest BCUT2D eigenvalue weighted by Crippen LogP contribution is 2.29. The van der Waals surface area contributed by atoms with Gasteiger partial charge in [0, 0.05) is 0 Å². The predicted molar refractivity (Wildman–Crippen MR) is 60.0 cm³/mol. The van der Waals surface area contributed by atoms with Gasteiger partial charge in [-0.3, -0.25) is 14.9 Å². The van der Waals surface area contributed by atoms with E-state index in [0.29, 0.717) is 0 Å². The van der Waals surface area contributed by atoms with Gasteiger partial charge in [0.15, 0.2) is 0 Å². The molecule has 0 heterocycles. The number of nitrogens with two attached hydrogens (primary N) is 1. The molecule has 92 valence electrons. The predicted octanol–water partition coefficient (Wildman–Crippen LogP) is 1.41. The molecule has 1 aromatic carbocycles. The Morgan fingerprint density at radius 3 is 2.59 bits per heavy atom. The van der Waals surface area contributed by atoms with E-state index < -0.39 is 27.9 Å². The Bertz CT molecular complexity index is 474. The number of carbonyl (C=O) groups is 1. The number of rotatable bonds is 4. The number of nitro benzene ring substituents is 1. The number of nitrogens with zero attached hydrogens (tertiary/aromatic N) is 1. The number of hydrogen-bond acceptors (Lipinski definition) is 4. The zero-order valence-electron chi connectivity index (χ0n) is 9.36. The second-order valence-electron chi connectivity index (χ2n) is 4.01. The fourth-order valence-corrected chi connectivity index (χ4v) is 1.20. The van der Waals surface area contributed by atoms with Crippen molar-refractivity contribution in [3.8, 4) is 0 Å². The molecule has 7 heteroatoms. The summed E-state index contributed by atoms with van der Waals surface area (Å²) in [4.78, 5) is 20.9. The zero-order valence-corrected chi connectivity index (χ0v) is 9.36. The van der Waals surface area contributed by atoms with Gasteiger partial charge >= 0.3 is 5.69 Å². The molecule has 1 aromatic rings. The summed E-state index contributed by atoms with van der Waals surface area (Å²) in [6.07, 6.45) is 0. The molecule has 17 heavy (non-hydrogen) atoms. The minimum absolute atomic E-state index is 0.0844. The van der Waals surface area contributed by atoms with Crippen LogP contribution in [0, 0.1) is 15.9 Å². The molecule has 3 N–H and O–H groups in total. The van der Waals surface area contributed by atoms with Gasteiger partial charge in [-0.1, -0.05) is 6.07 Å². The monoisotopic (exact) mass is 241 g/mol. The Morgan fingerprint density at radius 2 is 2.12 bits per heavy atom. The molecule has 0 aromatic heterocycles. The van der Waals surface area contributed by atoms with Crippen LogP contribution in [0.3, 0.4) is 0 Å². The second-order valence-corrected chi connectivity index (χ2v) is 4.01. The Balaban J connectivity index is 3.20. The van der Waals surface area contributed by atoms with Crippen molar-refractivity contribution in [3.05, 3.63) is 34.1 Å². The molecular formula is C10H12FN3O3. The molecule has 0 atom stereocenters. The van der Waals surface area contributed by atoms with Crippen LogP contribution in [0.15, 0.2) is 18.2 Å². The lowest BCUT2D eigenvalue weighted by Gasteiger charge is -2.23. The van der Waals surface area contributed by atoms with Crippen molar-refractivity contribution in [3.63, 3.8) is 0 Å². The third-order valence-electron chi connectivity index (χ3n) is 2.23. The van der Waals surface area contributed by atoms with E-state index in [1.807, 2.05) is 0 Å². The van der Waals surface area contributed by atoms with Crippen molar-refractivity contribution in [2.75, 3.05) is 5.32 Å². The summed E-state index contributed by atoms with van der Waals surface area (Å²) in [5.41, 5.74) is 3.12. The van der Waals surface area contributed by atoms with Crippen LogP contribution in [0.1, 0.15) is 13.8 Å². The molecular weight excluding hydrogens is 229 g/mol. The number of hydrogen-bond donors (Lipinski definition) is 2. The molecule has 0 spiro atoms. The molecule has 0 aliphatic carbocycles. The van der Waals surface area contributed by atoms with Gasteiger partial charge in [-0.05, 0) is 26.0 Å². The summed E-state index contributed by atoms with van der Waals surface area (Å²) in [7, 11) is 0. The summed E-state index contributed by atoms with van der Waals surface area (Å²) in [6, 6.07) is 3.59. The molecule has 0 saturated carbocycles. The third-order valence-corrected chi connectivity index (χ3v) is 2.23. The molecule has 0 saturated heterocycles. The van der Waals surface area contributed by atoms with Crippen molar-refractivity contribution >= 4 is 17.3 Å². The fourth-order valence-electron chi connectivity index (χ4n) is 1.20. The molecule has 0 aliphatic rings. The molecule has 1 amide bonds. The number of nitro groups is 1. The van der Waals surface area contributed by atoms with Crippen molar-refractivity contribution in [2.45, 2.75) is 19.4 Å². The summed E-state index contributed by atoms with van der Waals surface area (Å²) in [5, 5.41) is 13.3. The van der Waals surface area contributed by atoms with Crippen LogP contribution < -0.4 is 11.1 Å². The number of carbonyl (C=O) groups excluding carboxylic acids is 1. The highest BCUT2D eigenvalue weighted by Gasteiger charge is 2.29. The number of amides is 1. The van der Waals surface area contributed by atoms with Gasteiger partial charge in [0.2, 0.25) is 11.7 Å². The molecule has 1 rings (SSSR count). The van der Waals surface area contributed by atoms with Gasteiger partial charge < -0.3 is 11.1 Å². The molecule has 0 unspecified atom stereocenters. The first-order chi connectivity index (χ1) is 7.75. The smallest absolute Gasteiger partial charge is 0.327 e. The summed E-state index contributed by atoms with van der Waals surface area (Å²) >= 11 is 0. The lowest BCUT2D eigenvalue weighted by atomic mass is 10.0. The van der Waals surface area contributed by atoms with E-state index in [0.717, 1.165) is 6.07 Å². The van der Waals surface area contributed by atoms with E-state index in [4.69, 9.17) is 5.73 Å². The normalized spacial score (nSPS) is 11.0. The summed E-state index contributed by atoms with van der Waals surface area (Å²) < 4.78 is 13.3. The van der Waals surface area contributed by atoms with Crippen LogP contribution >= 0.6 is 0 Å². The van der Waals surface area contributed by atoms with Gasteiger partial charge in [0.05, 0.1) is 4.92 Å². The number of benzene rings is 1. The minimum atomic E-state index is -1.21. The van der Waals surface area contributed by atoms with E-state index in [1.165, 1.54) is 26.0 Å². The van der Waals surface area contributed by atoms with Crippen LogP contribution in [0.5, 0.6) is 0 Å². The van der Waals surface area contributed by atoms with E-state index in [1.54, 1.807) is 0 Å². The first-order valence-electron chi connectivity index (χ1n) is 4.76. The highest BCUT2D eigenvalue weighted by molar-refractivity contribution is 5.87. The van der Waals surface area contributed by atoms with Gasteiger partial charge in [-0.25, -0.2) is 0 Å². The summed E-state index contributed by atoms with van der Waals surface area (Å²) in [5.74, 6) is -1.67. The molecule has 6 nitrogen and oxygen atoms in total. The first-order valence-corrected chi connectivity index (χ1v) is 4.76. The Kier molecular flexibility index (Phi) is 3.31. The number of halogens is 1. The van der Waals surface area contributed by atoms with Crippen molar-refractivity contribution in [1.82, 2.24) is 0 Å². The maximum Gasteiger partial charge on any atom is 0.327 e. The molecule has 0 radical (unpaired) electrons. The van der Waals surface area contributed by atoms with Gasteiger partial charge in [0.1, 0.15) is 11.2 Å². The number of primary amides is 1. The molecule has 0 fully saturated rings. The van der Waals surface area contributed by atoms with E-state index in [9.17, 15) is 19.3 Å². The van der Waals surface area contributed by atoms with Crippen LogP contribution in [-0.4, -0.2) is 16.4 Å².